The summed E-state index contributed by atoms with van der Waals surface area (Å²) in [7, 11) is 0. The number of aromatic nitrogens is 1. The number of piperazine rings is 1. The number of carbonyl (C=O) groups excluding carboxylic acids is 3. The van der Waals surface area contributed by atoms with E-state index in [1.54, 1.807) is 25.7 Å². The van der Waals surface area contributed by atoms with Gasteiger partial charge in [0, 0.05) is 18.3 Å². The van der Waals surface area contributed by atoms with Crippen molar-refractivity contribution in [2.75, 3.05) is 13.2 Å². The predicted molar refractivity (Wildman–Crippen MR) is 77.6 cm³/mol. The number of ether oxygens (including phenoxy) is 1. The van der Waals surface area contributed by atoms with E-state index >= 15 is 0 Å². The molecule has 0 aromatic carbocycles. The van der Waals surface area contributed by atoms with Crippen molar-refractivity contribution in [3.63, 3.8) is 0 Å². The highest BCUT2D eigenvalue weighted by Gasteiger charge is 2.47. The molecule has 3 heterocycles. The van der Waals surface area contributed by atoms with Crippen molar-refractivity contribution < 1.29 is 19.1 Å². The minimum atomic E-state index is -0.437. The second kappa shape index (κ2) is 5.15. The monoisotopic (exact) mass is 305 g/mol. The summed E-state index contributed by atoms with van der Waals surface area (Å²) in [5, 5.41) is 2.84. The van der Waals surface area contributed by atoms with E-state index in [0.717, 1.165) is 0 Å². The molecular formula is C15H19N3O4. The Hall–Kier alpha value is -2.31. The highest BCUT2D eigenvalue weighted by molar-refractivity contribution is 6.03. The summed E-state index contributed by atoms with van der Waals surface area (Å²) < 4.78 is 5.03. The first-order valence-corrected chi connectivity index (χ1v) is 7.41. The number of esters is 1. The fourth-order valence-corrected chi connectivity index (χ4v) is 3.33. The first-order chi connectivity index (χ1) is 10.4. The number of likely N-dealkylation sites (tertiary alicyclic amines) is 1. The van der Waals surface area contributed by atoms with E-state index in [9.17, 15) is 14.4 Å². The summed E-state index contributed by atoms with van der Waals surface area (Å²) >= 11 is 0. The van der Waals surface area contributed by atoms with Crippen LogP contribution >= 0.6 is 0 Å². The summed E-state index contributed by atoms with van der Waals surface area (Å²) in [6.45, 7) is 5.99. The summed E-state index contributed by atoms with van der Waals surface area (Å²) in [4.78, 5) is 41.0. The fraction of sp³-hybridized carbons (Fsp3) is 0.533. The van der Waals surface area contributed by atoms with Crippen LogP contribution in [0.15, 0.2) is 0 Å². The fourth-order valence-electron chi connectivity index (χ4n) is 3.33. The molecule has 3 rings (SSSR count). The molecule has 2 fully saturated rings. The number of H-pyrrole nitrogens is 1. The Kier molecular flexibility index (Phi) is 3.42. The number of nitrogens with one attached hydrogen (secondary N) is 2. The SMILES string of the molecule is CCOC(=O)c1c(C)[nH]c(C(=O)N2C[C@@H]3C[C@H]2C(=O)N3)c1C. The Morgan fingerprint density at radius 1 is 1.36 bits per heavy atom. The van der Waals surface area contributed by atoms with E-state index in [2.05, 4.69) is 10.3 Å². The highest BCUT2D eigenvalue weighted by Crippen LogP contribution is 2.28. The smallest absolute Gasteiger partial charge is 0.340 e. The molecule has 1 aromatic heterocycles. The van der Waals surface area contributed by atoms with Gasteiger partial charge in [0.25, 0.3) is 5.91 Å². The summed E-state index contributed by atoms with van der Waals surface area (Å²) in [6, 6.07) is -0.353. The van der Waals surface area contributed by atoms with Gasteiger partial charge in [-0.15, -0.1) is 0 Å². The maximum absolute atomic E-state index is 12.7. The third-order valence-electron chi connectivity index (χ3n) is 4.34. The molecule has 2 bridgehead atoms. The lowest BCUT2D eigenvalue weighted by molar-refractivity contribution is -0.124. The number of hydrogen-bond acceptors (Lipinski definition) is 4. The number of hydrogen-bond donors (Lipinski definition) is 2. The maximum Gasteiger partial charge on any atom is 0.340 e. The van der Waals surface area contributed by atoms with E-state index in [1.165, 1.54) is 0 Å². The van der Waals surface area contributed by atoms with Gasteiger partial charge in [0.15, 0.2) is 0 Å². The first-order valence-electron chi connectivity index (χ1n) is 7.41. The molecule has 7 nitrogen and oxygen atoms in total. The lowest BCUT2D eigenvalue weighted by Crippen LogP contribution is -2.50. The minimum Gasteiger partial charge on any atom is -0.462 e. The van der Waals surface area contributed by atoms with Crippen molar-refractivity contribution in [2.45, 2.75) is 39.3 Å². The van der Waals surface area contributed by atoms with E-state index in [4.69, 9.17) is 4.74 Å². The number of fused-ring (bicyclic) bond motifs is 2. The quantitative estimate of drug-likeness (QED) is 0.797. The summed E-state index contributed by atoms with van der Waals surface area (Å²) in [5.41, 5.74) is 1.94. The lowest BCUT2D eigenvalue weighted by Gasteiger charge is -2.26. The number of carbonyl (C=O) groups is 3. The molecule has 2 N–H and O–H groups in total. The van der Waals surface area contributed by atoms with Gasteiger partial charge in [0.05, 0.1) is 12.2 Å². The van der Waals surface area contributed by atoms with Gasteiger partial charge in [-0.3, -0.25) is 9.59 Å². The van der Waals surface area contributed by atoms with Crippen LogP contribution in [-0.4, -0.2) is 52.9 Å². The summed E-state index contributed by atoms with van der Waals surface area (Å²) in [6.07, 6.45) is 0.661. The predicted octanol–water partition coefficient (Wildman–Crippen LogP) is 0.521. The van der Waals surface area contributed by atoms with Crippen LogP contribution in [0.25, 0.3) is 0 Å². The van der Waals surface area contributed by atoms with Gasteiger partial charge in [0.2, 0.25) is 5.91 Å². The standard InChI is InChI=1S/C15H19N3O4/c1-4-22-15(21)11-7(2)12(16-8(11)3)14(20)18-6-9-5-10(18)13(19)17-9/h9-10,16H,4-6H2,1-3H3,(H,17,19)/t9-,10-/m0/s1. The molecule has 1 aromatic rings. The zero-order valence-electron chi connectivity index (χ0n) is 12.9. The molecule has 2 atom stereocenters. The average Bonchev–Trinajstić information content (AvgIpc) is 3.10. The van der Waals surface area contributed by atoms with Crippen LogP contribution in [0.1, 0.15) is 45.4 Å². The zero-order chi connectivity index (χ0) is 16.0. The molecule has 22 heavy (non-hydrogen) atoms. The lowest BCUT2D eigenvalue weighted by atomic mass is 10.1. The van der Waals surface area contributed by atoms with Crippen LogP contribution < -0.4 is 5.32 Å². The molecule has 0 saturated carbocycles. The van der Waals surface area contributed by atoms with E-state index < -0.39 is 12.0 Å². The Labute approximate surface area is 128 Å². The van der Waals surface area contributed by atoms with Gasteiger partial charge in [-0.25, -0.2) is 4.79 Å². The minimum absolute atomic E-state index is 0.0438. The van der Waals surface area contributed by atoms with Crippen molar-refractivity contribution in [1.29, 1.82) is 0 Å². The summed E-state index contributed by atoms with van der Waals surface area (Å²) in [5.74, 6) is -0.775. The Bertz CT molecular complexity index is 664. The number of aromatic amines is 1. The van der Waals surface area contributed by atoms with Gasteiger partial charge in [0.1, 0.15) is 11.7 Å². The second-order valence-electron chi connectivity index (χ2n) is 5.76. The zero-order valence-corrected chi connectivity index (χ0v) is 12.9. The molecular weight excluding hydrogens is 286 g/mol. The van der Waals surface area contributed by atoms with E-state index in [-0.39, 0.29) is 24.5 Å². The van der Waals surface area contributed by atoms with Gasteiger partial charge >= 0.3 is 5.97 Å². The Morgan fingerprint density at radius 2 is 2.09 bits per heavy atom. The highest BCUT2D eigenvalue weighted by atomic mass is 16.5. The van der Waals surface area contributed by atoms with Crippen molar-refractivity contribution in [1.82, 2.24) is 15.2 Å². The van der Waals surface area contributed by atoms with Gasteiger partial charge in [-0.2, -0.15) is 0 Å². The largest absolute Gasteiger partial charge is 0.462 e. The van der Waals surface area contributed by atoms with E-state index in [0.29, 0.717) is 35.5 Å². The molecule has 118 valence electrons. The first kappa shape index (κ1) is 14.6. The molecule has 7 heteroatoms. The Balaban J connectivity index is 1.89. The van der Waals surface area contributed by atoms with Crippen LogP contribution in [0.5, 0.6) is 0 Å². The molecule has 2 aliphatic rings. The van der Waals surface area contributed by atoms with Gasteiger partial charge in [-0.05, 0) is 32.8 Å². The number of amides is 2. The van der Waals surface area contributed by atoms with Crippen molar-refractivity contribution in [3.8, 4) is 0 Å². The van der Waals surface area contributed by atoms with Gasteiger partial charge < -0.3 is 19.9 Å². The third-order valence-corrected chi connectivity index (χ3v) is 4.34. The topological polar surface area (TPSA) is 91.5 Å². The van der Waals surface area contributed by atoms with Crippen LogP contribution in [0.4, 0.5) is 0 Å². The normalized spacial score (nSPS) is 22.9. The molecule has 0 unspecified atom stereocenters. The molecule has 2 saturated heterocycles. The molecule has 2 amide bonds. The second-order valence-corrected chi connectivity index (χ2v) is 5.76. The molecule has 0 radical (unpaired) electrons. The number of aryl methyl sites for hydroxylation is 1. The van der Waals surface area contributed by atoms with Crippen LogP contribution in [0, 0.1) is 13.8 Å². The van der Waals surface area contributed by atoms with Crippen molar-refractivity contribution >= 4 is 17.8 Å². The molecule has 2 aliphatic heterocycles. The number of nitrogens with zero attached hydrogens (tertiary/aromatic N) is 1. The van der Waals surface area contributed by atoms with Crippen LogP contribution in [0.3, 0.4) is 0 Å². The molecule has 0 spiro atoms. The average molecular weight is 305 g/mol. The van der Waals surface area contributed by atoms with Crippen molar-refractivity contribution in [3.05, 3.63) is 22.5 Å². The van der Waals surface area contributed by atoms with Crippen LogP contribution in [-0.2, 0) is 9.53 Å². The number of rotatable bonds is 3. The maximum atomic E-state index is 12.7. The van der Waals surface area contributed by atoms with E-state index in [1.807, 2.05) is 0 Å². The third kappa shape index (κ3) is 2.08. The van der Waals surface area contributed by atoms with Crippen LogP contribution in [0.2, 0.25) is 0 Å². The molecule has 0 aliphatic carbocycles. The Morgan fingerprint density at radius 3 is 2.68 bits per heavy atom. The van der Waals surface area contributed by atoms with Crippen molar-refractivity contribution in [2.24, 2.45) is 0 Å². The van der Waals surface area contributed by atoms with Gasteiger partial charge in [-0.1, -0.05) is 0 Å².